The van der Waals surface area contributed by atoms with Crippen molar-refractivity contribution < 1.29 is 32.3 Å². The van der Waals surface area contributed by atoms with Gasteiger partial charge in [0.05, 0.1) is 21.7 Å². The molecule has 0 atom stereocenters. The summed E-state index contributed by atoms with van der Waals surface area (Å²) in [4.78, 5) is 41.8. The van der Waals surface area contributed by atoms with E-state index in [2.05, 4.69) is 20.9 Å². The Kier molecular flexibility index (Phi) is 11.8. The summed E-state index contributed by atoms with van der Waals surface area (Å²) in [5.41, 5.74) is 9.03. The zero-order valence-electron chi connectivity index (χ0n) is 29.9. The molecule has 2 saturated heterocycles. The number of aldehydes is 1. The van der Waals surface area contributed by atoms with Crippen LogP contribution >= 0.6 is 11.3 Å². The average molecular weight is 756 g/mol. The van der Waals surface area contributed by atoms with Crippen molar-refractivity contribution in [1.82, 2.24) is 4.98 Å². The van der Waals surface area contributed by atoms with Gasteiger partial charge in [-0.2, -0.15) is 0 Å². The summed E-state index contributed by atoms with van der Waals surface area (Å²) < 4.78 is 49.8. The number of hydrogen-bond acceptors (Lipinski definition) is 8. The minimum atomic E-state index is -0.805. The molecule has 5 aromatic rings. The first-order valence-electron chi connectivity index (χ1n) is 17.5. The first-order valence-corrected chi connectivity index (χ1v) is 18.3. The number of para-hydroxylation sites is 1. The highest BCUT2D eigenvalue weighted by Gasteiger charge is 2.44. The Morgan fingerprint density at radius 1 is 0.963 bits per heavy atom. The number of fused-ring (bicyclic) bond motifs is 3. The van der Waals surface area contributed by atoms with E-state index in [0.717, 1.165) is 86.0 Å². The normalized spacial score (nSPS) is 15.2. The molecule has 3 aliphatic rings. The number of anilines is 3. The van der Waals surface area contributed by atoms with Crippen LogP contribution in [0.25, 0.3) is 20.9 Å². The molecule has 3 N–H and O–H groups in total. The fourth-order valence-electron chi connectivity index (χ4n) is 7.12. The zero-order valence-corrected chi connectivity index (χ0v) is 30.7. The molecule has 3 aliphatic heterocycles. The molecular formula is C41H40F3N5O4S. The predicted octanol–water partition coefficient (Wildman–Crippen LogP) is 7.66. The molecule has 0 saturated carbocycles. The number of nitrogens with one attached hydrogen (secondary N) is 1. The lowest BCUT2D eigenvalue weighted by Gasteiger charge is -2.53. The van der Waals surface area contributed by atoms with E-state index in [1.165, 1.54) is 6.07 Å². The Bertz CT molecular complexity index is 2130. The van der Waals surface area contributed by atoms with Crippen LogP contribution in [-0.2, 0) is 16.0 Å². The number of aryl methyl sites for hydroxylation is 1. The van der Waals surface area contributed by atoms with E-state index in [-0.39, 0.29) is 35.7 Å². The van der Waals surface area contributed by atoms with Crippen molar-refractivity contribution in [3.8, 4) is 20.9 Å². The summed E-state index contributed by atoms with van der Waals surface area (Å²) in [5.74, 6) is -1.60. The van der Waals surface area contributed by atoms with Crippen molar-refractivity contribution in [1.29, 1.82) is 0 Å². The molecule has 0 unspecified atom stereocenters. The van der Waals surface area contributed by atoms with Crippen molar-refractivity contribution in [2.24, 2.45) is 11.1 Å². The number of thiophene rings is 1. The van der Waals surface area contributed by atoms with E-state index < -0.39 is 17.5 Å². The lowest BCUT2D eigenvalue weighted by molar-refractivity contribution is -0.106. The number of ether oxygens (including phenoxy) is 1. The Morgan fingerprint density at radius 3 is 2.28 bits per heavy atom. The highest BCUT2D eigenvalue weighted by Crippen LogP contribution is 2.47. The minimum absolute atomic E-state index is 0.0622. The molecule has 0 aliphatic carbocycles. The Hall–Kier alpha value is -5.53. The summed E-state index contributed by atoms with van der Waals surface area (Å²) in [6, 6.07) is 19.8. The molecule has 0 radical (unpaired) electrons. The zero-order chi connectivity index (χ0) is 38.4. The summed E-state index contributed by atoms with van der Waals surface area (Å²) in [7, 11) is 1.80. The van der Waals surface area contributed by atoms with Crippen molar-refractivity contribution in [2.45, 2.75) is 26.2 Å². The molecule has 2 fully saturated rings. The van der Waals surface area contributed by atoms with Gasteiger partial charge < -0.3 is 25.6 Å². The van der Waals surface area contributed by atoms with Crippen molar-refractivity contribution in [3.05, 3.63) is 119 Å². The van der Waals surface area contributed by atoms with Gasteiger partial charge in [0, 0.05) is 78.8 Å². The smallest absolute Gasteiger partial charge is 0.258 e. The van der Waals surface area contributed by atoms with Gasteiger partial charge in [0.25, 0.3) is 5.91 Å². The van der Waals surface area contributed by atoms with Crippen LogP contribution in [0.4, 0.5) is 30.4 Å². The second-order valence-corrected chi connectivity index (χ2v) is 14.4. The number of hydrogen-bond donors (Lipinski definition) is 2. The molecule has 0 bridgehead atoms. The van der Waals surface area contributed by atoms with Crippen LogP contribution in [0, 0.1) is 29.8 Å². The Morgan fingerprint density at radius 2 is 1.63 bits per heavy atom. The van der Waals surface area contributed by atoms with Gasteiger partial charge in [-0.3, -0.25) is 14.4 Å². The van der Waals surface area contributed by atoms with E-state index >= 15 is 4.39 Å². The molecular weight excluding hydrogens is 716 g/mol. The number of primary amides is 1. The van der Waals surface area contributed by atoms with Gasteiger partial charge in [0.2, 0.25) is 6.41 Å². The van der Waals surface area contributed by atoms with Gasteiger partial charge in [-0.15, -0.1) is 11.3 Å². The second-order valence-electron chi connectivity index (χ2n) is 13.3. The standard InChI is InChI=1S/C26H19F3N2OS.C14H18N2O2.CH3NO/c1-30-16-11-9-15(10-12-16)26(32)31-14-13-18-23(29)25(22-19(27)6-4-7-20(22)28)33-24(18)17-5-2-3-8-21(17)31;1-11-6-12(8-17)13(15-7-11)16-9-14(10-16)2-4-18-5-3-14;2-1-3/h2-12,30H,13-14H2,1H3;6-8H,2-5,9-10H2,1H3;1H,(H2,2,3). The molecule has 2 aromatic heterocycles. The van der Waals surface area contributed by atoms with Crippen LogP contribution in [0.2, 0.25) is 0 Å². The maximum absolute atomic E-state index is 15.5. The average Bonchev–Trinajstić information content (AvgIpc) is 3.39. The molecule has 280 valence electrons. The van der Waals surface area contributed by atoms with Gasteiger partial charge in [-0.1, -0.05) is 24.3 Å². The maximum atomic E-state index is 15.5. The molecule has 1 spiro atoms. The van der Waals surface area contributed by atoms with Crippen LogP contribution in [0.1, 0.15) is 44.7 Å². The number of halogens is 3. The Balaban J connectivity index is 0.000000199. The van der Waals surface area contributed by atoms with Gasteiger partial charge in [-0.05, 0) is 80.3 Å². The molecule has 9 nitrogen and oxygen atoms in total. The summed E-state index contributed by atoms with van der Waals surface area (Å²) in [6.07, 6.45) is 5.47. The van der Waals surface area contributed by atoms with E-state index in [4.69, 9.17) is 9.53 Å². The summed E-state index contributed by atoms with van der Waals surface area (Å²) in [5, 5.41) is 3.02. The molecule has 54 heavy (non-hydrogen) atoms. The topological polar surface area (TPSA) is 118 Å². The highest BCUT2D eigenvalue weighted by atomic mass is 32.1. The van der Waals surface area contributed by atoms with Crippen LogP contribution in [0.5, 0.6) is 0 Å². The fourth-order valence-corrected chi connectivity index (χ4v) is 8.43. The van der Waals surface area contributed by atoms with Crippen LogP contribution < -0.4 is 20.9 Å². The Labute approximate surface area is 315 Å². The first kappa shape index (κ1) is 38.2. The number of benzene rings is 3. The van der Waals surface area contributed by atoms with Gasteiger partial charge >= 0.3 is 0 Å². The number of aromatic nitrogens is 1. The van der Waals surface area contributed by atoms with Gasteiger partial charge in [0.1, 0.15) is 23.3 Å². The first-order chi connectivity index (χ1) is 26.1. The van der Waals surface area contributed by atoms with Crippen LogP contribution in [0.15, 0.2) is 79.0 Å². The number of nitrogens with zero attached hydrogens (tertiary/aromatic N) is 3. The molecule has 8 rings (SSSR count). The number of carbonyl (C=O) groups is 3. The maximum Gasteiger partial charge on any atom is 0.258 e. The lowest BCUT2D eigenvalue weighted by Crippen LogP contribution is -2.59. The quantitative estimate of drug-likeness (QED) is 0.177. The molecule has 5 heterocycles. The highest BCUT2D eigenvalue weighted by molar-refractivity contribution is 7.19. The van der Waals surface area contributed by atoms with E-state index in [0.29, 0.717) is 38.2 Å². The predicted molar refractivity (Wildman–Crippen MR) is 206 cm³/mol. The fraction of sp³-hybridized carbons (Fsp3) is 0.268. The molecule has 2 amide bonds. The summed E-state index contributed by atoms with van der Waals surface area (Å²) >= 11 is 1.01. The van der Waals surface area contributed by atoms with E-state index in [1.807, 2.05) is 43.5 Å². The van der Waals surface area contributed by atoms with Crippen LogP contribution in [0.3, 0.4) is 0 Å². The third-order valence-corrected chi connectivity index (χ3v) is 11.1. The monoisotopic (exact) mass is 755 g/mol. The van der Waals surface area contributed by atoms with E-state index in [1.54, 1.807) is 36.2 Å². The van der Waals surface area contributed by atoms with Gasteiger partial charge in [-0.25, -0.2) is 18.2 Å². The second kappa shape index (κ2) is 16.6. The number of pyridine rings is 1. The molecule has 13 heteroatoms. The van der Waals surface area contributed by atoms with E-state index in [9.17, 15) is 18.4 Å². The third kappa shape index (κ3) is 7.73. The number of nitrogens with two attached hydrogens (primary N) is 1. The largest absolute Gasteiger partial charge is 0.388 e. The number of carbonyl (C=O) groups excluding carboxylic acids is 3. The third-order valence-electron chi connectivity index (χ3n) is 9.89. The SMILES string of the molecule is CNc1ccc(C(=O)N2CCc3c(sc(-c4c(F)cccc4F)c3F)-c3ccccc32)cc1.Cc1cnc(N2CC3(CCOCC3)C2)c(C=O)c1.NC=O. The van der Waals surface area contributed by atoms with Gasteiger partial charge in [0.15, 0.2) is 6.29 Å². The minimum Gasteiger partial charge on any atom is -0.388 e. The van der Waals surface area contributed by atoms with Crippen LogP contribution in [-0.4, -0.2) is 63.5 Å². The number of rotatable bonds is 5. The lowest BCUT2D eigenvalue weighted by atomic mass is 9.73. The summed E-state index contributed by atoms with van der Waals surface area (Å²) in [6.45, 7) is 5.95. The van der Waals surface area contributed by atoms with Crippen molar-refractivity contribution >= 4 is 47.1 Å². The van der Waals surface area contributed by atoms with Crippen molar-refractivity contribution in [3.63, 3.8) is 0 Å². The van der Waals surface area contributed by atoms with Crippen molar-refractivity contribution in [2.75, 3.05) is 55.0 Å². The number of amides is 2. The molecule has 3 aromatic carbocycles.